The van der Waals surface area contributed by atoms with Crippen molar-refractivity contribution < 1.29 is 14.5 Å². The minimum Gasteiger partial charge on any atom is -0.455 e. The van der Waals surface area contributed by atoms with Crippen LogP contribution in [0.1, 0.15) is 49.9 Å². The molecule has 0 saturated heterocycles. The summed E-state index contributed by atoms with van der Waals surface area (Å²) in [7, 11) is 1.79. The summed E-state index contributed by atoms with van der Waals surface area (Å²) >= 11 is 0. The fourth-order valence-electron chi connectivity index (χ4n) is 6.85. The number of hydrogen-bond acceptors (Lipinski definition) is 3. The van der Waals surface area contributed by atoms with Crippen molar-refractivity contribution in [3.05, 3.63) is 138 Å². The Labute approximate surface area is 253 Å². The van der Waals surface area contributed by atoms with Crippen LogP contribution in [0.3, 0.4) is 0 Å². The lowest BCUT2D eigenvalue weighted by atomic mass is 9.64. The summed E-state index contributed by atoms with van der Waals surface area (Å²) in [6.45, 7) is 7.38. The number of ether oxygens (including phenoxy) is 1. The molecule has 209 valence electrons. The Kier molecular flexibility index (Phi) is 5.54. The number of benzene rings is 6. The first-order chi connectivity index (χ1) is 20.7. The van der Waals surface area contributed by atoms with Gasteiger partial charge in [-0.1, -0.05) is 121 Å². The highest BCUT2D eigenvalue weighted by Gasteiger charge is 2.52. The van der Waals surface area contributed by atoms with E-state index in [9.17, 15) is 5.11 Å². The van der Waals surface area contributed by atoms with Crippen molar-refractivity contribution in [3.63, 3.8) is 0 Å². The van der Waals surface area contributed by atoms with Crippen molar-refractivity contribution in [1.29, 1.82) is 0 Å². The normalized spacial score (nSPS) is 14.6. The van der Waals surface area contributed by atoms with Gasteiger partial charge in [0.25, 0.3) is 0 Å². The van der Waals surface area contributed by atoms with Gasteiger partial charge in [-0.15, -0.1) is 0 Å². The minimum atomic E-state index is -1.02. The van der Waals surface area contributed by atoms with E-state index >= 15 is 0 Å². The first kappa shape index (κ1) is 26.3. The Morgan fingerprint density at radius 1 is 0.605 bits per heavy atom. The molecule has 0 amide bonds. The number of aliphatic hydroxyl groups is 1. The van der Waals surface area contributed by atoms with Crippen molar-refractivity contribution in [3.8, 4) is 22.6 Å². The standard InChI is InChI=1S/C39H32BO3/c1-37(2,41)38(3,4)43-40-26-19-20-30-29-15-9-10-16-31(29)39(34(30)23-26)32-21-17-24-11-5-7-13-27(24)35(32)42-36-28-14-8-6-12-25(28)18-22-33(36)39/h5-23,41H,1-4H3. The third-order valence-electron chi connectivity index (χ3n) is 9.80. The highest BCUT2D eigenvalue weighted by atomic mass is 16.5. The van der Waals surface area contributed by atoms with Gasteiger partial charge in [-0.25, -0.2) is 0 Å². The van der Waals surface area contributed by atoms with Crippen LogP contribution in [0.15, 0.2) is 115 Å². The van der Waals surface area contributed by atoms with E-state index in [2.05, 4.69) is 115 Å². The van der Waals surface area contributed by atoms with Gasteiger partial charge in [-0.3, -0.25) is 0 Å². The Bertz CT molecular complexity index is 2000. The SMILES string of the molecule is CC(C)(O)C(C)(C)O[B]c1ccc2c(c1)C1(c3ccccc3-2)c2ccc3ccccc3c2Oc2c1ccc1ccccc21. The minimum absolute atomic E-state index is 0.599. The Morgan fingerprint density at radius 2 is 1.16 bits per heavy atom. The summed E-state index contributed by atoms with van der Waals surface area (Å²) in [5, 5.41) is 15.2. The Hall–Kier alpha value is -4.38. The van der Waals surface area contributed by atoms with Gasteiger partial charge in [-0.05, 0) is 60.7 Å². The third-order valence-corrected chi connectivity index (χ3v) is 9.80. The molecule has 6 aromatic carbocycles. The molecule has 2 aliphatic rings. The third kappa shape index (κ3) is 3.63. The van der Waals surface area contributed by atoms with Gasteiger partial charge in [0.2, 0.25) is 0 Å². The molecule has 0 bridgehead atoms. The molecule has 1 aliphatic heterocycles. The van der Waals surface area contributed by atoms with Crippen LogP contribution < -0.4 is 10.2 Å². The second kappa shape index (κ2) is 9.06. The van der Waals surface area contributed by atoms with Gasteiger partial charge in [0.1, 0.15) is 11.5 Å². The van der Waals surface area contributed by atoms with E-state index in [0.29, 0.717) is 0 Å². The predicted octanol–water partition coefficient (Wildman–Crippen LogP) is 8.27. The molecule has 1 radical (unpaired) electrons. The van der Waals surface area contributed by atoms with E-state index in [1.54, 1.807) is 21.3 Å². The molecule has 0 aromatic heterocycles. The number of hydrogen-bond donors (Lipinski definition) is 1. The van der Waals surface area contributed by atoms with E-state index in [4.69, 9.17) is 9.39 Å². The van der Waals surface area contributed by atoms with Gasteiger partial charge in [0.05, 0.1) is 16.6 Å². The summed E-state index contributed by atoms with van der Waals surface area (Å²) in [4.78, 5) is 0. The van der Waals surface area contributed by atoms with Crippen LogP contribution in [0.2, 0.25) is 0 Å². The van der Waals surface area contributed by atoms with Crippen LogP contribution in [0.5, 0.6) is 11.5 Å². The zero-order chi connectivity index (χ0) is 29.6. The fraction of sp³-hybridized carbons (Fsp3) is 0.179. The quantitative estimate of drug-likeness (QED) is 0.221. The van der Waals surface area contributed by atoms with Gasteiger partial charge in [-0.2, -0.15) is 0 Å². The first-order valence-corrected chi connectivity index (χ1v) is 14.9. The zero-order valence-electron chi connectivity index (χ0n) is 24.8. The average Bonchev–Trinajstić information content (AvgIpc) is 3.29. The molecule has 8 rings (SSSR count). The van der Waals surface area contributed by atoms with Crippen molar-refractivity contribution >= 4 is 34.5 Å². The molecule has 0 atom stereocenters. The molecule has 0 saturated carbocycles. The van der Waals surface area contributed by atoms with Crippen LogP contribution in [0, 0.1) is 0 Å². The van der Waals surface area contributed by atoms with E-state index in [-0.39, 0.29) is 0 Å². The zero-order valence-corrected chi connectivity index (χ0v) is 24.8. The highest BCUT2D eigenvalue weighted by molar-refractivity contribution is 6.47. The summed E-state index contributed by atoms with van der Waals surface area (Å²) in [5.41, 5.74) is 5.69. The molecule has 6 aromatic rings. The van der Waals surface area contributed by atoms with Gasteiger partial charge in [0, 0.05) is 21.9 Å². The van der Waals surface area contributed by atoms with Crippen LogP contribution in [0.25, 0.3) is 32.7 Å². The van der Waals surface area contributed by atoms with Crippen molar-refractivity contribution in [2.24, 2.45) is 0 Å². The van der Waals surface area contributed by atoms with Gasteiger partial charge >= 0.3 is 7.48 Å². The average molecular weight is 559 g/mol. The van der Waals surface area contributed by atoms with Crippen molar-refractivity contribution in [1.82, 2.24) is 0 Å². The first-order valence-electron chi connectivity index (χ1n) is 14.9. The molecule has 4 heteroatoms. The van der Waals surface area contributed by atoms with Crippen LogP contribution >= 0.6 is 0 Å². The molecule has 1 aliphatic carbocycles. The number of fused-ring (bicyclic) bond motifs is 13. The number of rotatable bonds is 4. The molecule has 0 fully saturated rings. The maximum absolute atomic E-state index is 10.7. The predicted molar refractivity (Wildman–Crippen MR) is 176 cm³/mol. The Balaban J connectivity index is 1.45. The second-order valence-corrected chi connectivity index (χ2v) is 12.8. The second-order valence-electron chi connectivity index (χ2n) is 12.8. The summed E-state index contributed by atoms with van der Waals surface area (Å²) in [6, 6.07) is 41.3. The maximum atomic E-state index is 10.7. The maximum Gasteiger partial charge on any atom is 0.330 e. The molecular weight excluding hydrogens is 527 g/mol. The topological polar surface area (TPSA) is 38.7 Å². The van der Waals surface area contributed by atoms with Crippen molar-refractivity contribution in [2.75, 3.05) is 0 Å². The lowest BCUT2D eigenvalue weighted by molar-refractivity contribution is -0.0893. The van der Waals surface area contributed by atoms with Crippen molar-refractivity contribution in [2.45, 2.75) is 44.3 Å². The van der Waals surface area contributed by atoms with Gasteiger partial charge < -0.3 is 14.5 Å². The largest absolute Gasteiger partial charge is 0.455 e. The van der Waals surface area contributed by atoms with Gasteiger partial charge in [0.15, 0.2) is 0 Å². The summed E-state index contributed by atoms with van der Waals surface area (Å²) in [6.07, 6.45) is 0. The smallest absolute Gasteiger partial charge is 0.330 e. The van der Waals surface area contributed by atoms with E-state index in [1.165, 1.54) is 22.3 Å². The lowest BCUT2D eigenvalue weighted by Gasteiger charge is -2.40. The van der Waals surface area contributed by atoms with E-state index < -0.39 is 16.6 Å². The van der Waals surface area contributed by atoms with Crippen LogP contribution in [0.4, 0.5) is 0 Å². The van der Waals surface area contributed by atoms with Crippen LogP contribution in [-0.2, 0) is 10.1 Å². The lowest BCUT2D eigenvalue weighted by Crippen LogP contribution is -2.49. The molecule has 1 N–H and O–H groups in total. The summed E-state index contributed by atoms with van der Waals surface area (Å²) in [5.74, 6) is 1.80. The highest BCUT2D eigenvalue weighted by Crippen LogP contribution is 2.63. The fourth-order valence-corrected chi connectivity index (χ4v) is 6.85. The molecule has 1 heterocycles. The van der Waals surface area contributed by atoms with E-state index in [0.717, 1.165) is 49.6 Å². The summed E-state index contributed by atoms with van der Waals surface area (Å²) < 4.78 is 13.3. The monoisotopic (exact) mass is 559 g/mol. The van der Waals surface area contributed by atoms with Crippen LogP contribution in [-0.4, -0.2) is 23.8 Å². The Morgan fingerprint density at radius 3 is 1.79 bits per heavy atom. The molecular formula is C39H32BO3. The van der Waals surface area contributed by atoms with E-state index in [1.807, 2.05) is 13.8 Å². The molecule has 0 unspecified atom stereocenters. The molecule has 43 heavy (non-hydrogen) atoms. The molecule has 1 spiro atoms. The molecule has 3 nitrogen and oxygen atoms in total.